The standard InChI is InChI=1S/C15H27NO2/c1-5-6-11(16)13(17)18-12-9-10-7-8-15(12,4)14(10,2)3/h10-12H,5-9,16H2,1-4H3/t10-,11-,12+,15+/m0/s1. The molecule has 0 radical (unpaired) electrons. The average molecular weight is 253 g/mol. The molecule has 0 amide bonds. The van der Waals surface area contributed by atoms with Crippen LogP contribution in [0.5, 0.6) is 0 Å². The molecule has 2 N–H and O–H groups in total. The van der Waals surface area contributed by atoms with Crippen molar-refractivity contribution in [1.29, 1.82) is 0 Å². The molecule has 0 spiro atoms. The highest BCUT2D eigenvalue weighted by Gasteiger charge is 2.62. The van der Waals surface area contributed by atoms with Crippen molar-refractivity contribution in [3.63, 3.8) is 0 Å². The first-order valence-electron chi connectivity index (χ1n) is 7.29. The number of fused-ring (bicyclic) bond motifs is 2. The fourth-order valence-electron chi connectivity index (χ4n) is 3.96. The molecular weight excluding hydrogens is 226 g/mol. The van der Waals surface area contributed by atoms with Gasteiger partial charge in [-0.25, -0.2) is 0 Å². The van der Waals surface area contributed by atoms with E-state index >= 15 is 0 Å². The molecule has 104 valence electrons. The van der Waals surface area contributed by atoms with Crippen molar-refractivity contribution in [1.82, 2.24) is 0 Å². The third kappa shape index (κ3) is 1.87. The fourth-order valence-corrected chi connectivity index (χ4v) is 3.96. The highest BCUT2D eigenvalue weighted by Crippen LogP contribution is 2.66. The number of rotatable bonds is 4. The van der Waals surface area contributed by atoms with Gasteiger partial charge in [0.25, 0.3) is 0 Å². The van der Waals surface area contributed by atoms with Crippen LogP contribution in [-0.4, -0.2) is 18.1 Å². The van der Waals surface area contributed by atoms with Crippen molar-refractivity contribution in [3.8, 4) is 0 Å². The molecule has 0 unspecified atom stereocenters. The zero-order chi connectivity index (χ0) is 13.6. The lowest BCUT2D eigenvalue weighted by Crippen LogP contribution is -2.42. The molecule has 2 fully saturated rings. The summed E-state index contributed by atoms with van der Waals surface area (Å²) in [7, 11) is 0. The minimum atomic E-state index is -0.444. The van der Waals surface area contributed by atoms with Crippen molar-refractivity contribution in [3.05, 3.63) is 0 Å². The smallest absolute Gasteiger partial charge is 0.323 e. The third-order valence-electron chi connectivity index (χ3n) is 5.87. The van der Waals surface area contributed by atoms with Crippen molar-refractivity contribution < 1.29 is 9.53 Å². The van der Waals surface area contributed by atoms with Gasteiger partial charge in [0.15, 0.2) is 0 Å². The Labute approximate surface area is 110 Å². The summed E-state index contributed by atoms with van der Waals surface area (Å²) in [6, 6.07) is -0.444. The van der Waals surface area contributed by atoms with Gasteiger partial charge in [-0.1, -0.05) is 34.1 Å². The summed E-state index contributed by atoms with van der Waals surface area (Å²) < 4.78 is 5.73. The first-order valence-corrected chi connectivity index (χ1v) is 7.29. The minimum absolute atomic E-state index is 0.0710. The number of nitrogens with two attached hydrogens (primary N) is 1. The molecule has 2 aliphatic rings. The molecular formula is C15H27NO2. The number of esters is 1. The van der Waals surface area contributed by atoms with Crippen LogP contribution in [0.3, 0.4) is 0 Å². The molecule has 0 aromatic rings. The molecule has 0 aliphatic heterocycles. The topological polar surface area (TPSA) is 52.3 Å². The van der Waals surface area contributed by atoms with E-state index in [1.54, 1.807) is 0 Å². The van der Waals surface area contributed by atoms with E-state index in [1.807, 2.05) is 6.92 Å². The number of hydrogen-bond acceptors (Lipinski definition) is 3. The molecule has 18 heavy (non-hydrogen) atoms. The van der Waals surface area contributed by atoms with Gasteiger partial charge in [-0.15, -0.1) is 0 Å². The van der Waals surface area contributed by atoms with Gasteiger partial charge in [-0.05, 0) is 37.0 Å². The molecule has 0 saturated heterocycles. The van der Waals surface area contributed by atoms with E-state index in [9.17, 15) is 4.79 Å². The summed E-state index contributed by atoms with van der Waals surface area (Å²) in [6.07, 6.45) is 5.18. The Bertz CT molecular complexity index is 339. The zero-order valence-electron chi connectivity index (χ0n) is 12.2. The van der Waals surface area contributed by atoms with E-state index in [0.29, 0.717) is 5.92 Å². The second kappa shape index (κ2) is 4.52. The first-order chi connectivity index (χ1) is 8.33. The van der Waals surface area contributed by atoms with Gasteiger partial charge in [-0.2, -0.15) is 0 Å². The quantitative estimate of drug-likeness (QED) is 0.784. The van der Waals surface area contributed by atoms with Crippen LogP contribution in [0.2, 0.25) is 0 Å². The normalized spacial score (nSPS) is 38.7. The summed E-state index contributed by atoms with van der Waals surface area (Å²) in [4.78, 5) is 12.0. The minimum Gasteiger partial charge on any atom is -0.461 e. The van der Waals surface area contributed by atoms with Crippen LogP contribution in [0.25, 0.3) is 0 Å². The first kappa shape index (κ1) is 13.9. The highest BCUT2D eigenvalue weighted by atomic mass is 16.5. The molecule has 2 rings (SSSR count). The second-order valence-electron chi connectivity index (χ2n) is 6.93. The van der Waals surface area contributed by atoms with E-state index in [2.05, 4.69) is 20.8 Å². The van der Waals surface area contributed by atoms with Gasteiger partial charge in [0.1, 0.15) is 12.1 Å². The molecule has 0 heterocycles. The molecule has 2 bridgehead atoms. The summed E-state index contributed by atoms with van der Waals surface area (Å²) in [5.41, 5.74) is 6.26. The maximum atomic E-state index is 12.0. The van der Waals surface area contributed by atoms with Gasteiger partial charge in [0.05, 0.1) is 0 Å². The highest BCUT2D eigenvalue weighted by molar-refractivity contribution is 5.75. The number of carbonyl (C=O) groups excluding carboxylic acids is 1. The van der Waals surface area contributed by atoms with Crippen molar-refractivity contribution in [2.45, 2.75) is 71.9 Å². The van der Waals surface area contributed by atoms with Gasteiger partial charge in [0.2, 0.25) is 0 Å². The largest absolute Gasteiger partial charge is 0.461 e. The molecule has 4 atom stereocenters. The van der Waals surface area contributed by atoms with Crippen LogP contribution in [0.1, 0.15) is 59.8 Å². The summed E-state index contributed by atoms with van der Waals surface area (Å²) >= 11 is 0. The van der Waals surface area contributed by atoms with E-state index in [1.165, 1.54) is 12.8 Å². The SMILES string of the molecule is CCC[C@H](N)C(=O)O[C@@H]1C[C@@H]2CC[C@@]1(C)C2(C)C. The Balaban J connectivity index is 2.03. The number of ether oxygens (including phenoxy) is 1. The lowest BCUT2D eigenvalue weighted by molar-refractivity contribution is -0.158. The Kier molecular flexibility index (Phi) is 3.48. The molecule has 3 heteroatoms. The second-order valence-corrected chi connectivity index (χ2v) is 6.93. The average Bonchev–Trinajstić information content (AvgIpc) is 2.62. The van der Waals surface area contributed by atoms with Crippen LogP contribution in [0, 0.1) is 16.7 Å². The van der Waals surface area contributed by atoms with E-state index in [0.717, 1.165) is 19.3 Å². The van der Waals surface area contributed by atoms with Gasteiger partial charge < -0.3 is 10.5 Å². The predicted molar refractivity (Wildman–Crippen MR) is 72.0 cm³/mol. The lowest BCUT2D eigenvalue weighted by atomic mass is 9.70. The Morgan fingerprint density at radius 1 is 1.44 bits per heavy atom. The monoisotopic (exact) mass is 253 g/mol. The molecule has 2 saturated carbocycles. The van der Waals surface area contributed by atoms with Crippen molar-refractivity contribution >= 4 is 5.97 Å². The van der Waals surface area contributed by atoms with Crippen LogP contribution < -0.4 is 5.73 Å². The van der Waals surface area contributed by atoms with Crippen LogP contribution in [0.4, 0.5) is 0 Å². The van der Waals surface area contributed by atoms with E-state index < -0.39 is 6.04 Å². The zero-order valence-corrected chi connectivity index (χ0v) is 12.2. The third-order valence-corrected chi connectivity index (χ3v) is 5.87. The van der Waals surface area contributed by atoms with Gasteiger partial charge >= 0.3 is 5.97 Å². The maximum absolute atomic E-state index is 12.0. The Morgan fingerprint density at radius 2 is 2.11 bits per heavy atom. The van der Waals surface area contributed by atoms with Crippen molar-refractivity contribution in [2.75, 3.05) is 0 Å². The van der Waals surface area contributed by atoms with Crippen LogP contribution in [-0.2, 0) is 9.53 Å². The maximum Gasteiger partial charge on any atom is 0.323 e. The lowest BCUT2D eigenvalue weighted by Gasteiger charge is -2.38. The Morgan fingerprint density at radius 3 is 2.56 bits per heavy atom. The van der Waals surface area contributed by atoms with E-state index in [4.69, 9.17) is 10.5 Å². The van der Waals surface area contributed by atoms with Crippen LogP contribution in [0.15, 0.2) is 0 Å². The van der Waals surface area contributed by atoms with Gasteiger partial charge in [0, 0.05) is 5.41 Å². The summed E-state index contributed by atoms with van der Waals surface area (Å²) in [5, 5.41) is 0. The predicted octanol–water partition coefficient (Wildman–Crippen LogP) is 2.87. The van der Waals surface area contributed by atoms with Gasteiger partial charge in [-0.3, -0.25) is 4.79 Å². The number of carbonyl (C=O) groups is 1. The Hall–Kier alpha value is -0.570. The molecule has 3 nitrogen and oxygen atoms in total. The molecule has 0 aromatic heterocycles. The van der Waals surface area contributed by atoms with E-state index in [-0.39, 0.29) is 22.9 Å². The number of hydrogen-bond donors (Lipinski definition) is 1. The molecule has 2 aliphatic carbocycles. The van der Waals surface area contributed by atoms with Crippen molar-refractivity contribution in [2.24, 2.45) is 22.5 Å². The summed E-state index contributed by atoms with van der Waals surface area (Å²) in [6.45, 7) is 8.97. The van der Waals surface area contributed by atoms with Crippen LogP contribution >= 0.6 is 0 Å². The summed E-state index contributed by atoms with van der Waals surface area (Å²) in [5.74, 6) is 0.495. The fraction of sp³-hybridized carbons (Fsp3) is 0.933. The molecule has 0 aromatic carbocycles.